The largest absolute Gasteiger partial charge is 0.324 e. The normalized spacial score (nSPS) is 11.0. The molecule has 4 aromatic rings. The van der Waals surface area contributed by atoms with Gasteiger partial charge < -0.3 is 5.32 Å². The molecule has 146 valence electrons. The van der Waals surface area contributed by atoms with E-state index in [1.54, 1.807) is 4.68 Å². The van der Waals surface area contributed by atoms with Gasteiger partial charge in [-0.2, -0.15) is 5.10 Å². The fraction of sp³-hybridized carbons (Fsp3) is 0.182. The lowest BCUT2D eigenvalue weighted by Crippen LogP contribution is -2.28. The highest BCUT2D eigenvalue weighted by molar-refractivity contribution is 5.91. The molecule has 0 atom stereocenters. The molecule has 0 saturated carbocycles. The molecule has 0 aliphatic heterocycles. The summed E-state index contributed by atoms with van der Waals surface area (Å²) < 4.78 is 2.96. The second kappa shape index (κ2) is 7.35. The van der Waals surface area contributed by atoms with Crippen LogP contribution < -0.4 is 10.9 Å². The second-order valence-electron chi connectivity index (χ2n) is 7.05. The first-order valence-corrected chi connectivity index (χ1v) is 9.31. The van der Waals surface area contributed by atoms with Gasteiger partial charge in [0.15, 0.2) is 5.65 Å². The van der Waals surface area contributed by atoms with Crippen molar-refractivity contribution in [2.45, 2.75) is 27.3 Å². The van der Waals surface area contributed by atoms with Gasteiger partial charge in [0.05, 0.1) is 11.9 Å². The molecule has 7 nitrogen and oxygen atoms in total. The van der Waals surface area contributed by atoms with Gasteiger partial charge in [0.2, 0.25) is 5.91 Å². The molecule has 0 spiro atoms. The number of carbonyl (C=O) groups is 1. The summed E-state index contributed by atoms with van der Waals surface area (Å²) in [5.74, 6) is -0.288. The third-order valence-electron chi connectivity index (χ3n) is 5.09. The maximum atomic E-state index is 12.9. The SMILES string of the molecule is Cc1ccccc1NC(=O)Cn1cnc2c(cnn2-c2cccc(C)c2C)c1=O. The summed E-state index contributed by atoms with van der Waals surface area (Å²) in [6.07, 6.45) is 2.90. The predicted molar refractivity (Wildman–Crippen MR) is 112 cm³/mol. The van der Waals surface area contributed by atoms with E-state index < -0.39 is 0 Å². The van der Waals surface area contributed by atoms with Crippen LogP contribution in [0.3, 0.4) is 0 Å². The molecule has 0 bridgehead atoms. The molecule has 7 heteroatoms. The average Bonchev–Trinajstić information content (AvgIpc) is 3.13. The molecule has 2 aromatic heterocycles. The Hall–Kier alpha value is -3.74. The van der Waals surface area contributed by atoms with Crippen molar-refractivity contribution >= 4 is 22.6 Å². The van der Waals surface area contributed by atoms with Crippen LogP contribution in [-0.2, 0) is 11.3 Å². The molecule has 0 aliphatic carbocycles. The molecule has 0 aliphatic rings. The first-order valence-electron chi connectivity index (χ1n) is 9.31. The molecular weight excluding hydrogens is 366 g/mol. The molecule has 1 N–H and O–H groups in total. The summed E-state index contributed by atoms with van der Waals surface area (Å²) in [5.41, 5.74) is 4.93. The summed E-state index contributed by atoms with van der Waals surface area (Å²) >= 11 is 0. The molecule has 4 rings (SSSR count). The van der Waals surface area contributed by atoms with E-state index in [1.165, 1.54) is 17.1 Å². The number of amides is 1. The quantitative estimate of drug-likeness (QED) is 0.583. The first kappa shape index (κ1) is 18.6. The van der Waals surface area contributed by atoms with E-state index in [4.69, 9.17) is 0 Å². The topological polar surface area (TPSA) is 81.8 Å². The number of hydrogen-bond acceptors (Lipinski definition) is 4. The Labute approximate surface area is 167 Å². The molecule has 0 saturated heterocycles. The van der Waals surface area contributed by atoms with E-state index >= 15 is 0 Å². The van der Waals surface area contributed by atoms with E-state index in [9.17, 15) is 9.59 Å². The number of anilines is 1. The fourth-order valence-corrected chi connectivity index (χ4v) is 3.26. The van der Waals surface area contributed by atoms with E-state index in [-0.39, 0.29) is 18.0 Å². The lowest BCUT2D eigenvalue weighted by molar-refractivity contribution is -0.116. The standard InChI is InChI=1S/C22H21N5O2/c1-14-8-6-10-19(16(14)3)27-21-17(11-24-27)22(29)26(13-23-21)12-20(28)25-18-9-5-4-7-15(18)2/h4-11,13H,12H2,1-3H3,(H,25,28). The van der Waals surface area contributed by atoms with Crippen molar-refractivity contribution in [1.29, 1.82) is 0 Å². The fourth-order valence-electron chi connectivity index (χ4n) is 3.26. The summed E-state index contributed by atoms with van der Waals surface area (Å²) in [6.45, 7) is 5.83. The number of nitrogens with zero attached hydrogens (tertiary/aromatic N) is 4. The van der Waals surface area contributed by atoms with Crippen LogP contribution >= 0.6 is 0 Å². The zero-order valence-corrected chi connectivity index (χ0v) is 16.5. The van der Waals surface area contributed by atoms with Crippen molar-refractivity contribution in [1.82, 2.24) is 19.3 Å². The highest BCUT2D eigenvalue weighted by Crippen LogP contribution is 2.20. The maximum Gasteiger partial charge on any atom is 0.264 e. The Morgan fingerprint density at radius 2 is 1.79 bits per heavy atom. The van der Waals surface area contributed by atoms with Gasteiger partial charge in [-0.25, -0.2) is 9.67 Å². The lowest BCUT2D eigenvalue weighted by Gasteiger charge is -2.10. The number of benzene rings is 2. The van der Waals surface area contributed by atoms with Crippen LogP contribution in [0.1, 0.15) is 16.7 Å². The molecule has 2 aromatic carbocycles. The van der Waals surface area contributed by atoms with Gasteiger partial charge in [0.1, 0.15) is 18.3 Å². The number of aryl methyl sites for hydroxylation is 2. The number of rotatable bonds is 4. The van der Waals surface area contributed by atoms with Gasteiger partial charge in [-0.05, 0) is 49.6 Å². The van der Waals surface area contributed by atoms with Crippen molar-refractivity contribution in [3.8, 4) is 5.69 Å². The Kier molecular flexibility index (Phi) is 4.72. The highest BCUT2D eigenvalue weighted by Gasteiger charge is 2.15. The Morgan fingerprint density at radius 3 is 2.59 bits per heavy atom. The van der Waals surface area contributed by atoms with Gasteiger partial charge in [-0.15, -0.1) is 0 Å². The van der Waals surface area contributed by atoms with Gasteiger partial charge in [-0.1, -0.05) is 30.3 Å². The Morgan fingerprint density at radius 1 is 1.03 bits per heavy atom. The number of aromatic nitrogens is 4. The molecule has 29 heavy (non-hydrogen) atoms. The summed E-state index contributed by atoms with van der Waals surface area (Å²) in [6, 6.07) is 13.4. The molecule has 0 unspecified atom stereocenters. The lowest BCUT2D eigenvalue weighted by atomic mass is 10.1. The number of nitrogens with one attached hydrogen (secondary N) is 1. The highest BCUT2D eigenvalue weighted by atomic mass is 16.2. The van der Waals surface area contributed by atoms with Crippen LogP contribution in [0, 0.1) is 20.8 Å². The Bertz CT molecular complexity index is 1290. The third-order valence-corrected chi connectivity index (χ3v) is 5.09. The van der Waals surface area contributed by atoms with Gasteiger partial charge in [0.25, 0.3) is 5.56 Å². The summed E-state index contributed by atoms with van der Waals surface area (Å²) in [7, 11) is 0. The number of fused-ring (bicyclic) bond motifs is 1. The minimum absolute atomic E-state index is 0.120. The monoisotopic (exact) mass is 387 g/mol. The second-order valence-corrected chi connectivity index (χ2v) is 7.05. The number of carbonyl (C=O) groups excluding carboxylic acids is 1. The molecule has 0 fully saturated rings. The Balaban J connectivity index is 1.66. The van der Waals surface area contributed by atoms with Crippen LogP contribution in [0.2, 0.25) is 0 Å². The zero-order chi connectivity index (χ0) is 20.5. The third kappa shape index (κ3) is 3.42. The predicted octanol–water partition coefficient (Wildman–Crippen LogP) is 3.15. The van der Waals surface area contributed by atoms with Crippen molar-refractivity contribution in [3.63, 3.8) is 0 Å². The molecular formula is C22H21N5O2. The maximum absolute atomic E-state index is 12.9. The molecule has 2 heterocycles. The van der Waals surface area contributed by atoms with E-state index in [0.717, 1.165) is 28.1 Å². The van der Waals surface area contributed by atoms with E-state index in [1.807, 2.05) is 63.2 Å². The smallest absolute Gasteiger partial charge is 0.264 e. The summed E-state index contributed by atoms with van der Waals surface area (Å²) in [5, 5.41) is 7.57. The van der Waals surface area contributed by atoms with Crippen LogP contribution in [0.25, 0.3) is 16.7 Å². The molecule has 0 radical (unpaired) electrons. The molecule has 1 amide bonds. The van der Waals surface area contributed by atoms with Gasteiger partial charge in [-0.3, -0.25) is 14.2 Å². The van der Waals surface area contributed by atoms with Crippen LogP contribution in [-0.4, -0.2) is 25.2 Å². The zero-order valence-electron chi connectivity index (χ0n) is 16.5. The number of para-hydroxylation sites is 1. The van der Waals surface area contributed by atoms with Crippen molar-refractivity contribution in [2.75, 3.05) is 5.32 Å². The van der Waals surface area contributed by atoms with Crippen LogP contribution in [0.4, 0.5) is 5.69 Å². The van der Waals surface area contributed by atoms with E-state index in [0.29, 0.717) is 11.0 Å². The minimum atomic E-state index is -0.300. The summed E-state index contributed by atoms with van der Waals surface area (Å²) in [4.78, 5) is 29.7. The minimum Gasteiger partial charge on any atom is -0.324 e. The number of hydrogen-bond donors (Lipinski definition) is 1. The van der Waals surface area contributed by atoms with Crippen LogP contribution in [0.15, 0.2) is 59.8 Å². The first-order chi connectivity index (χ1) is 14.0. The van der Waals surface area contributed by atoms with Crippen LogP contribution in [0.5, 0.6) is 0 Å². The van der Waals surface area contributed by atoms with Crippen molar-refractivity contribution < 1.29 is 4.79 Å². The van der Waals surface area contributed by atoms with Crippen molar-refractivity contribution in [3.05, 3.63) is 82.0 Å². The average molecular weight is 387 g/mol. The van der Waals surface area contributed by atoms with Gasteiger partial charge in [0, 0.05) is 5.69 Å². The van der Waals surface area contributed by atoms with Crippen molar-refractivity contribution in [2.24, 2.45) is 0 Å². The van der Waals surface area contributed by atoms with E-state index in [2.05, 4.69) is 15.4 Å². The van der Waals surface area contributed by atoms with Gasteiger partial charge >= 0.3 is 0 Å².